The van der Waals surface area contributed by atoms with Crippen LogP contribution < -0.4 is 16.0 Å². The molecule has 34 heavy (non-hydrogen) atoms. The van der Waals surface area contributed by atoms with Gasteiger partial charge < -0.3 is 16.0 Å². The average Bonchev–Trinajstić information content (AvgIpc) is 2.87. The maximum atomic E-state index is 13.3. The molecule has 1 unspecified atom stereocenters. The van der Waals surface area contributed by atoms with E-state index in [2.05, 4.69) is 16.0 Å². The first kappa shape index (κ1) is 24.3. The van der Waals surface area contributed by atoms with Crippen molar-refractivity contribution < 1.29 is 14.4 Å². The van der Waals surface area contributed by atoms with Crippen molar-refractivity contribution in [3.63, 3.8) is 0 Å². The zero-order valence-corrected chi connectivity index (χ0v) is 20.2. The molecular weight excluding hydrogens is 446 g/mol. The van der Waals surface area contributed by atoms with Gasteiger partial charge in [0.1, 0.15) is 17.5 Å². The Bertz CT molecular complexity index is 964. The molecule has 3 N–H and O–H groups in total. The van der Waals surface area contributed by atoms with E-state index in [1.807, 2.05) is 60.7 Å². The summed E-state index contributed by atoms with van der Waals surface area (Å²) >= 11 is 1.52. The predicted molar refractivity (Wildman–Crippen MR) is 134 cm³/mol. The number of thioether (sulfide) groups is 1. The number of hydrogen-bond acceptors (Lipinski definition) is 4. The SMILES string of the molecule is O=C(CCc1ccccc1)N[C@@H](CC1CCCCC1)C(=O)N[C@@H]1C(=O)NC1Sc1ccccc1. The minimum Gasteiger partial charge on any atom is -0.344 e. The fourth-order valence-electron chi connectivity index (χ4n) is 4.65. The molecule has 1 heterocycles. The summed E-state index contributed by atoms with van der Waals surface area (Å²) in [6.45, 7) is 0. The molecule has 2 aromatic carbocycles. The van der Waals surface area contributed by atoms with Crippen LogP contribution in [0.4, 0.5) is 0 Å². The number of carbonyl (C=O) groups excluding carboxylic acids is 3. The van der Waals surface area contributed by atoms with Crippen molar-refractivity contribution in [1.82, 2.24) is 16.0 Å². The molecule has 0 spiro atoms. The smallest absolute Gasteiger partial charge is 0.246 e. The lowest BCUT2D eigenvalue weighted by Crippen LogP contribution is -2.69. The number of amides is 3. The van der Waals surface area contributed by atoms with Gasteiger partial charge in [0.25, 0.3) is 0 Å². The summed E-state index contributed by atoms with van der Waals surface area (Å²) in [6.07, 6.45) is 7.31. The Morgan fingerprint density at radius 3 is 2.32 bits per heavy atom. The highest BCUT2D eigenvalue weighted by Crippen LogP contribution is 2.29. The van der Waals surface area contributed by atoms with E-state index in [1.165, 1.54) is 31.0 Å². The molecule has 0 aromatic heterocycles. The highest BCUT2D eigenvalue weighted by Gasteiger charge is 2.42. The van der Waals surface area contributed by atoms with Crippen LogP contribution in [0.5, 0.6) is 0 Å². The summed E-state index contributed by atoms with van der Waals surface area (Å²) in [7, 11) is 0. The molecule has 2 aliphatic rings. The zero-order valence-electron chi connectivity index (χ0n) is 19.4. The fourth-order valence-corrected chi connectivity index (χ4v) is 5.76. The van der Waals surface area contributed by atoms with Crippen molar-refractivity contribution in [2.75, 3.05) is 0 Å². The van der Waals surface area contributed by atoms with E-state index >= 15 is 0 Å². The second-order valence-electron chi connectivity index (χ2n) is 9.19. The van der Waals surface area contributed by atoms with Crippen LogP contribution in [0, 0.1) is 5.92 Å². The average molecular weight is 480 g/mol. The van der Waals surface area contributed by atoms with Crippen LogP contribution in [0.3, 0.4) is 0 Å². The second kappa shape index (κ2) is 12.1. The number of β-lactam (4-membered cyclic amide) rings is 1. The minimum absolute atomic E-state index is 0.131. The third-order valence-electron chi connectivity index (χ3n) is 6.60. The van der Waals surface area contributed by atoms with Gasteiger partial charge in [-0.2, -0.15) is 0 Å². The topological polar surface area (TPSA) is 87.3 Å². The van der Waals surface area contributed by atoms with E-state index in [1.54, 1.807) is 0 Å². The summed E-state index contributed by atoms with van der Waals surface area (Å²) in [5.74, 6) is -0.164. The Kier molecular flexibility index (Phi) is 8.63. The molecule has 7 heteroatoms. The first-order valence-corrected chi connectivity index (χ1v) is 13.1. The van der Waals surface area contributed by atoms with Crippen molar-refractivity contribution in [3.8, 4) is 0 Å². The lowest BCUT2D eigenvalue weighted by molar-refractivity contribution is -0.136. The molecule has 3 amide bonds. The molecule has 0 bridgehead atoms. The van der Waals surface area contributed by atoms with Gasteiger partial charge in [-0.15, -0.1) is 0 Å². The van der Waals surface area contributed by atoms with Crippen LogP contribution in [0.2, 0.25) is 0 Å². The highest BCUT2D eigenvalue weighted by atomic mass is 32.2. The third-order valence-corrected chi connectivity index (χ3v) is 7.79. The quantitative estimate of drug-likeness (QED) is 0.452. The van der Waals surface area contributed by atoms with Gasteiger partial charge in [0.2, 0.25) is 17.7 Å². The van der Waals surface area contributed by atoms with E-state index in [9.17, 15) is 14.4 Å². The van der Waals surface area contributed by atoms with Crippen LogP contribution in [0.1, 0.15) is 50.5 Å². The molecular formula is C27H33N3O3S. The van der Waals surface area contributed by atoms with Crippen LogP contribution in [-0.2, 0) is 20.8 Å². The van der Waals surface area contributed by atoms with Gasteiger partial charge in [-0.25, -0.2) is 0 Å². The molecule has 4 rings (SSSR count). The number of hydrogen-bond donors (Lipinski definition) is 3. The zero-order chi connectivity index (χ0) is 23.8. The van der Waals surface area contributed by atoms with E-state index < -0.39 is 12.1 Å². The van der Waals surface area contributed by atoms with Crippen molar-refractivity contribution in [2.24, 2.45) is 5.92 Å². The van der Waals surface area contributed by atoms with Crippen molar-refractivity contribution in [2.45, 2.75) is 73.7 Å². The van der Waals surface area contributed by atoms with Gasteiger partial charge in [-0.1, -0.05) is 92.4 Å². The van der Waals surface area contributed by atoms with Gasteiger partial charge in [0, 0.05) is 11.3 Å². The summed E-state index contributed by atoms with van der Waals surface area (Å²) in [5.41, 5.74) is 1.10. The third kappa shape index (κ3) is 6.86. The molecule has 1 aliphatic heterocycles. The standard InChI is InChI=1S/C27H33N3O3S/c31-23(17-16-19-10-4-1-5-11-19)28-22(18-20-12-6-2-7-13-20)25(32)29-24-26(33)30-27(24)34-21-14-8-3-9-15-21/h1,3-5,8-11,14-15,20,22,24,27H,2,6-7,12-13,16-18H2,(H,28,31)(H,29,32)(H,30,33)/t22-,24+,27?/m0/s1. The summed E-state index contributed by atoms with van der Waals surface area (Å²) < 4.78 is 0. The second-order valence-corrected chi connectivity index (χ2v) is 10.4. The van der Waals surface area contributed by atoms with E-state index in [0.29, 0.717) is 25.2 Å². The van der Waals surface area contributed by atoms with Crippen molar-refractivity contribution in [1.29, 1.82) is 0 Å². The van der Waals surface area contributed by atoms with Crippen LogP contribution in [-0.4, -0.2) is 35.2 Å². The van der Waals surface area contributed by atoms with Crippen LogP contribution in [0.15, 0.2) is 65.6 Å². The molecule has 3 atom stereocenters. The summed E-state index contributed by atoms with van der Waals surface area (Å²) in [4.78, 5) is 39.3. The maximum absolute atomic E-state index is 13.3. The van der Waals surface area contributed by atoms with Crippen LogP contribution in [0.25, 0.3) is 0 Å². The molecule has 2 aromatic rings. The van der Waals surface area contributed by atoms with Gasteiger partial charge in [0.05, 0.1) is 0 Å². The number of rotatable bonds is 10. The van der Waals surface area contributed by atoms with Crippen LogP contribution >= 0.6 is 11.8 Å². The highest BCUT2D eigenvalue weighted by molar-refractivity contribution is 8.00. The first-order chi connectivity index (χ1) is 16.6. The van der Waals surface area contributed by atoms with Gasteiger partial charge >= 0.3 is 0 Å². The predicted octanol–water partition coefficient (Wildman–Crippen LogP) is 3.81. The summed E-state index contributed by atoms with van der Waals surface area (Å²) in [6, 6.07) is 18.4. The molecule has 6 nitrogen and oxygen atoms in total. The van der Waals surface area contributed by atoms with E-state index in [0.717, 1.165) is 23.3 Å². The maximum Gasteiger partial charge on any atom is 0.246 e. The van der Waals surface area contributed by atoms with Crippen molar-refractivity contribution >= 4 is 29.5 Å². The molecule has 1 saturated heterocycles. The Morgan fingerprint density at radius 2 is 1.65 bits per heavy atom. The number of aryl methyl sites for hydroxylation is 1. The summed E-state index contributed by atoms with van der Waals surface area (Å²) in [5, 5.41) is 8.55. The Balaban J connectivity index is 1.36. The van der Waals surface area contributed by atoms with E-state index in [-0.39, 0.29) is 23.1 Å². The largest absolute Gasteiger partial charge is 0.344 e. The molecule has 2 fully saturated rings. The van der Waals surface area contributed by atoms with E-state index in [4.69, 9.17) is 0 Å². The molecule has 1 aliphatic carbocycles. The number of benzene rings is 2. The normalized spacial score (nSPS) is 21.1. The molecule has 180 valence electrons. The Hall–Kier alpha value is -2.80. The van der Waals surface area contributed by atoms with Crippen molar-refractivity contribution in [3.05, 3.63) is 66.2 Å². The lowest BCUT2D eigenvalue weighted by Gasteiger charge is -2.37. The number of carbonyl (C=O) groups is 3. The number of nitrogens with one attached hydrogen (secondary N) is 3. The Labute approximate surface area is 205 Å². The monoisotopic (exact) mass is 479 g/mol. The van der Waals surface area contributed by atoms with Gasteiger partial charge in [0.15, 0.2) is 0 Å². The Morgan fingerprint density at radius 1 is 0.971 bits per heavy atom. The lowest BCUT2D eigenvalue weighted by atomic mass is 9.84. The molecule has 1 saturated carbocycles. The minimum atomic E-state index is -0.623. The fraction of sp³-hybridized carbons (Fsp3) is 0.444. The first-order valence-electron chi connectivity index (χ1n) is 12.2. The van der Waals surface area contributed by atoms with Gasteiger partial charge in [-0.05, 0) is 36.5 Å². The molecule has 0 radical (unpaired) electrons. The van der Waals surface area contributed by atoms with Gasteiger partial charge in [-0.3, -0.25) is 14.4 Å².